The van der Waals surface area contributed by atoms with E-state index in [2.05, 4.69) is 15.0 Å². The number of halogens is 3. The van der Waals surface area contributed by atoms with E-state index in [-0.39, 0.29) is 55.9 Å². The summed E-state index contributed by atoms with van der Waals surface area (Å²) in [6.07, 6.45) is -2.65. The summed E-state index contributed by atoms with van der Waals surface area (Å²) in [4.78, 5) is 32.1. The van der Waals surface area contributed by atoms with E-state index in [1.165, 1.54) is 22.5 Å². The minimum absolute atomic E-state index is 0.0143. The van der Waals surface area contributed by atoms with Gasteiger partial charge < -0.3 is 20.1 Å². The van der Waals surface area contributed by atoms with Crippen LogP contribution in [0.2, 0.25) is 0 Å². The van der Waals surface area contributed by atoms with Crippen LogP contribution < -0.4 is 15.0 Å². The zero-order valence-electron chi connectivity index (χ0n) is 25.3. The first-order chi connectivity index (χ1) is 20.9. The minimum Gasteiger partial charge on any atom is -0.406 e. The average Bonchev–Trinajstić information content (AvgIpc) is 3.38. The molecule has 2 fully saturated rings. The second kappa shape index (κ2) is 11.6. The number of alkyl halides is 3. The molecule has 14 heteroatoms. The van der Waals surface area contributed by atoms with Crippen molar-refractivity contribution in [1.29, 1.82) is 0 Å². The number of amidine groups is 1. The number of hydrogen-bond donors (Lipinski definition) is 2. The number of sulfonamides is 1. The maximum absolute atomic E-state index is 13.3. The Balaban J connectivity index is 1.29. The number of amides is 2. The van der Waals surface area contributed by atoms with Crippen molar-refractivity contribution in [2.24, 2.45) is 10.4 Å². The summed E-state index contributed by atoms with van der Waals surface area (Å²) in [5.41, 5.74) is 1.26. The van der Waals surface area contributed by atoms with Gasteiger partial charge in [-0.3, -0.25) is 14.6 Å². The molecule has 1 spiro atoms. The van der Waals surface area contributed by atoms with Crippen LogP contribution in [0.3, 0.4) is 0 Å². The number of anilines is 1. The van der Waals surface area contributed by atoms with Crippen LogP contribution in [0, 0.1) is 19.3 Å². The lowest BCUT2D eigenvalue weighted by Gasteiger charge is -2.34. The van der Waals surface area contributed by atoms with Gasteiger partial charge in [0.05, 0.1) is 12.6 Å². The van der Waals surface area contributed by atoms with Crippen molar-refractivity contribution in [3.8, 4) is 5.75 Å². The van der Waals surface area contributed by atoms with Crippen molar-refractivity contribution in [2.45, 2.75) is 64.9 Å². The van der Waals surface area contributed by atoms with Crippen LogP contribution in [0.1, 0.15) is 55.4 Å². The number of piperidine rings is 1. The largest absolute Gasteiger partial charge is 0.573 e. The molecular formula is C31H35F3N4O6S. The standard InChI is InChI=1S/C31H35F3N4O6S/c1-19-14-22(38-23(18-39)17-29(3,4)28(38)41)15-20(2)25(19)8-13-45(42,43)37-11-9-30(10-12-37)27(40)35-26(36-30)21-6-5-7-24(16-21)44-31(32,33)34/h5-8,13-16,23,39H,9-12,17-18H2,1-4H3,(H,35,36,40)/b13-8+/t23-/m1/s1. The predicted molar refractivity (Wildman–Crippen MR) is 162 cm³/mol. The van der Waals surface area contributed by atoms with Gasteiger partial charge in [0.1, 0.15) is 17.1 Å². The van der Waals surface area contributed by atoms with Crippen LogP contribution in [-0.4, -0.2) is 73.1 Å². The Morgan fingerprint density at radius 1 is 1.11 bits per heavy atom. The molecule has 0 radical (unpaired) electrons. The highest BCUT2D eigenvalue weighted by Gasteiger charge is 2.48. The first kappa shape index (κ1) is 32.6. The number of aryl methyl sites for hydroxylation is 2. The average molecular weight is 649 g/mol. The SMILES string of the molecule is Cc1cc(N2C(=O)C(C)(C)C[C@@H]2CO)cc(C)c1/C=C/S(=O)(=O)N1CCC2(CC1)N=C(c1cccc(OC(F)(F)F)c1)NC2=O. The Bertz CT molecular complexity index is 1670. The van der Waals surface area contributed by atoms with Gasteiger partial charge in [-0.15, -0.1) is 13.2 Å². The second-order valence-corrected chi connectivity index (χ2v) is 14.2. The molecule has 45 heavy (non-hydrogen) atoms. The fourth-order valence-corrected chi connectivity index (χ4v) is 7.44. The molecule has 2 aromatic carbocycles. The normalized spacial score (nSPS) is 21.9. The smallest absolute Gasteiger partial charge is 0.406 e. The molecule has 2 saturated heterocycles. The summed E-state index contributed by atoms with van der Waals surface area (Å²) in [6.45, 7) is 7.22. The van der Waals surface area contributed by atoms with Crippen LogP contribution >= 0.6 is 0 Å². The van der Waals surface area contributed by atoms with E-state index in [9.17, 15) is 36.3 Å². The lowest BCUT2D eigenvalue weighted by atomic mass is 9.89. The first-order valence-electron chi connectivity index (χ1n) is 14.5. The van der Waals surface area contributed by atoms with Crippen molar-refractivity contribution >= 4 is 39.4 Å². The molecule has 3 heterocycles. The van der Waals surface area contributed by atoms with E-state index < -0.39 is 39.0 Å². The number of benzene rings is 2. The van der Waals surface area contributed by atoms with Gasteiger partial charge in [-0.2, -0.15) is 4.31 Å². The summed E-state index contributed by atoms with van der Waals surface area (Å²) < 4.78 is 69.8. The zero-order valence-corrected chi connectivity index (χ0v) is 26.1. The third-order valence-corrected chi connectivity index (χ3v) is 10.2. The number of aliphatic hydroxyl groups excluding tert-OH is 1. The molecular weight excluding hydrogens is 613 g/mol. The van der Waals surface area contributed by atoms with Crippen LogP contribution in [0.15, 0.2) is 46.8 Å². The van der Waals surface area contributed by atoms with Gasteiger partial charge >= 0.3 is 6.36 Å². The Hall–Kier alpha value is -3.75. The summed E-state index contributed by atoms with van der Waals surface area (Å²) >= 11 is 0. The molecule has 1 atom stereocenters. The van der Waals surface area contributed by atoms with Crippen LogP contribution in [-0.2, 0) is 19.6 Å². The van der Waals surface area contributed by atoms with Gasteiger partial charge in [-0.25, -0.2) is 8.42 Å². The van der Waals surface area contributed by atoms with Crippen LogP contribution in [0.4, 0.5) is 18.9 Å². The number of aliphatic hydroxyl groups is 1. The summed E-state index contributed by atoms with van der Waals surface area (Å²) in [6, 6.07) is 8.40. The van der Waals surface area contributed by atoms with Crippen molar-refractivity contribution in [1.82, 2.24) is 9.62 Å². The van der Waals surface area contributed by atoms with Crippen LogP contribution in [0.25, 0.3) is 6.08 Å². The number of nitrogens with zero attached hydrogens (tertiary/aromatic N) is 3. The molecule has 0 aromatic heterocycles. The molecule has 0 saturated carbocycles. The molecule has 0 bridgehead atoms. The Kier molecular flexibility index (Phi) is 8.38. The Morgan fingerprint density at radius 2 is 1.76 bits per heavy atom. The number of rotatable bonds is 7. The van der Waals surface area contributed by atoms with Gasteiger partial charge in [0, 0.05) is 35.2 Å². The van der Waals surface area contributed by atoms with E-state index in [1.807, 2.05) is 39.8 Å². The molecule has 0 aliphatic carbocycles. The van der Waals surface area contributed by atoms with Gasteiger partial charge in [-0.1, -0.05) is 26.0 Å². The molecule has 2 amide bonds. The molecule has 2 N–H and O–H groups in total. The highest BCUT2D eigenvalue weighted by molar-refractivity contribution is 7.92. The van der Waals surface area contributed by atoms with Gasteiger partial charge in [0.25, 0.3) is 5.91 Å². The molecule has 2 aromatic rings. The second-order valence-electron chi connectivity index (χ2n) is 12.4. The number of carbonyl (C=O) groups is 2. The van der Waals surface area contributed by atoms with Gasteiger partial charge in [-0.05, 0) is 80.1 Å². The number of hydrogen-bond acceptors (Lipinski definition) is 7. The monoisotopic (exact) mass is 648 g/mol. The Morgan fingerprint density at radius 3 is 2.36 bits per heavy atom. The molecule has 10 nitrogen and oxygen atoms in total. The summed E-state index contributed by atoms with van der Waals surface area (Å²) in [5, 5.41) is 13.6. The molecule has 0 unspecified atom stereocenters. The third kappa shape index (κ3) is 6.49. The van der Waals surface area contributed by atoms with E-state index in [1.54, 1.807) is 4.90 Å². The zero-order chi connectivity index (χ0) is 32.9. The van der Waals surface area contributed by atoms with Crippen molar-refractivity contribution in [3.63, 3.8) is 0 Å². The van der Waals surface area contributed by atoms with E-state index in [0.717, 1.165) is 28.7 Å². The van der Waals surface area contributed by atoms with E-state index in [4.69, 9.17) is 0 Å². The minimum atomic E-state index is -4.87. The van der Waals surface area contributed by atoms with Crippen molar-refractivity contribution in [3.05, 3.63) is 64.1 Å². The molecule has 3 aliphatic rings. The number of carbonyl (C=O) groups excluding carboxylic acids is 2. The number of aliphatic imine (C=N–C) groups is 1. The Labute approximate surface area is 259 Å². The van der Waals surface area contributed by atoms with Crippen molar-refractivity contribution in [2.75, 3.05) is 24.6 Å². The number of nitrogens with one attached hydrogen (secondary N) is 1. The maximum Gasteiger partial charge on any atom is 0.573 e. The van der Waals surface area contributed by atoms with E-state index in [0.29, 0.717) is 17.7 Å². The summed E-state index contributed by atoms with van der Waals surface area (Å²) in [7, 11) is -3.88. The maximum atomic E-state index is 13.3. The predicted octanol–water partition coefficient (Wildman–Crippen LogP) is 4.04. The third-order valence-electron chi connectivity index (χ3n) is 8.61. The topological polar surface area (TPSA) is 129 Å². The molecule has 3 aliphatic heterocycles. The highest BCUT2D eigenvalue weighted by Crippen LogP contribution is 2.40. The van der Waals surface area contributed by atoms with Gasteiger partial charge in [0.15, 0.2) is 0 Å². The molecule has 242 valence electrons. The highest BCUT2D eigenvalue weighted by atomic mass is 32.2. The fraction of sp³-hybridized carbons (Fsp3) is 0.452. The first-order valence-corrected chi connectivity index (χ1v) is 16.0. The van der Waals surface area contributed by atoms with Crippen molar-refractivity contribution < 1.29 is 41.0 Å². The quantitative estimate of drug-likeness (QED) is 0.467. The summed E-state index contributed by atoms with van der Waals surface area (Å²) in [5.74, 6) is -0.872. The lowest BCUT2D eigenvalue weighted by Crippen LogP contribution is -2.50. The fourth-order valence-electron chi connectivity index (χ4n) is 6.27. The lowest BCUT2D eigenvalue weighted by molar-refractivity contribution is -0.274. The number of ether oxygens (including phenoxy) is 1. The van der Waals surface area contributed by atoms with Gasteiger partial charge in [0.2, 0.25) is 15.9 Å². The van der Waals surface area contributed by atoms with Crippen LogP contribution in [0.5, 0.6) is 5.75 Å². The van der Waals surface area contributed by atoms with E-state index >= 15 is 0 Å². The molecule has 5 rings (SSSR count).